The molecule has 0 aliphatic carbocycles. The van der Waals surface area contributed by atoms with Gasteiger partial charge < -0.3 is 24.6 Å². The van der Waals surface area contributed by atoms with Gasteiger partial charge in [-0.05, 0) is 37.1 Å². The molecule has 8 heteroatoms. The lowest BCUT2D eigenvalue weighted by atomic mass is 10.2. The van der Waals surface area contributed by atoms with Crippen molar-refractivity contribution in [2.75, 3.05) is 26.4 Å². The van der Waals surface area contributed by atoms with Crippen molar-refractivity contribution >= 4 is 11.9 Å². The SMILES string of the molecule is O=C(CCOCC1CCCO1)NCC(Oc1ccc(F)cc1)C(=O)O. The molecule has 0 aromatic heterocycles. The maximum Gasteiger partial charge on any atom is 0.346 e. The zero-order chi connectivity index (χ0) is 18.1. The summed E-state index contributed by atoms with van der Waals surface area (Å²) in [6.45, 7) is 1.25. The summed E-state index contributed by atoms with van der Waals surface area (Å²) >= 11 is 0. The molecule has 0 bridgehead atoms. The van der Waals surface area contributed by atoms with Gasteiger partial charge in [-0.15, -0.1) is 0 Å². The molecule has 2 rings (SSSR count). The van der Waals surface area contributed by atoms with Crippen LogP contribution in [0.1, 0.15) is 19.3 Å². The molecule has 2 N–H and O–H groups in total. The fourth-order valence-electron chi connectivity index (χ4n) is 2.31. The molecule has 1 saturated heterocycles. The average molecular weight is 355 g/mol. The minimum absolute atomic E-state index is 0.101. The van der Waals surface area contributed by atoms with E-state index in [4.69, 9.17) is 19.3 Å². The summed E-state index contributed by atoms with van der Waals surface area (Å²) in [6, 6.07) is 4.98. The topological polar surface area (TPSA) is 94.1 Å². The molecule has 2 unspecified atom stereocenters. The highest BCUT2D eigenvalue weighted by Gasteiger charge is 2.20. The van der Waals surface area contributed by atoms with Gasteiger partial charge in [0.05, 0.1) is 25.9 Å². The molecule has 138 valence electrons. The Balaban J connectivity index is 1.66. The first-order valence-electron chi connectivity index (χ1n) is 8.15. The Morgan fingerprint density at radius 1 is 1.36 bits per heavy atom. The third kappa shape index (κ3) is 7.06. The predicted molar refractivity (Wildman–Crippen MR) is 85.9 cm³/mol. The fraction of sp³-hybridized carbons (Fsp3) is 0.529. The molecule has 1 fully saturated rings. The van der Waals surface area contributed by atoms with E-state index in [1.807, 2.05) is 0 Å². The van der Waals surface area contributed by atoms with Gasteiger partial charge in [-0.3, -0.25) is 4.79 Å². The van der Waals surface area contributed by atoms with Crippen LogP contribution in [0.4, 0.5) is 4.39 Å². The van der Waals surface area contributed by atoms with Gasteiger partial charge in [0.25, 0.3) is 0 Å². The van der Waals surface area contributed by atoms with Crippen molar-refractivity contribution in [2.45, 2.75) is 31.5 Å². The van der Waals surface area contributed by atoms with Crippen LogP contribution in [0.3, 0.4) is 0 Å². The number of carbonyl (C=O) groups excluding carboxylic acids is 1. The normalized spacial score (nSPS) is 17.9. The zero-order valence-corrected chi connectivity index (χ0v) is 13.8. The second-order valence-corrected chi connectivity index (χ2v) is 5.66. The first-order valence-corrected chi connectivity index (χ1v) is 8.15. The molecule has 0 saturated carbocycles. The van der Waals surface area contributed by atoms with Gasteiger partial charge in [-0.1, -0.05) is 0 Å². The van der Waals surface area contributed by atoms with Crippen molar-refractivity contribution in [3.05, 3.63) is 30.1 Å². The highest BCUT2D eigenvalue weighted by atomic mass is 19.1. The number of amides is 1. The fourth-order valence-corrected chi connectivity index (χ4v) is 2.31. The van der Waals surface area contributed by atoms with Crippen LogP contribution in [0, 0.1) is 5.82 Å². The number of halogens is 1. The quantitative estimate of drug-likeness (QED) is 0.616. The molecule has 1 amide bonds. The van der Waals surface area contributed by atoms with Crippen molar-refractivity contribution in [1.29, 1.82) is 0 Å². The minimum Gasteiger partial charge on any atom is -0.478 e. The van der Waals surface area contributed by atoms with E-state index in [1.54, 1.807) is 0 Å². The lowest BCUT2D eigenvalue weighted by Crippen LogP contribution is -2.40. The predicted octanol–water partition coefficient (Wildman–Crippen LogP) is 1.36. The van der Waals surface area contributed by atoms with Crippen LogP contribution < -0.4 is 10.1 Å². The Morgan fingerprint density at radius 3 is 2.76 bits per heavy atom. The van der Waals surface area contributed by atoms with Gasteiger partial charge in [-0.25, -0.2) is 9.18 Å². The third-order valence-corrected chi connectivity index (χ3v) is 3.65. The number of carboxylic acid groups (broad SMARTS) is 1. The Hall–Kier alpha value is -2.19. The molecule has 2 atom stereocenters. The Morgan fingerprint density at radius 2 is 2.12 bits per heavy atom. The van der Waals surface area contributed by atoms with E-state index in [0.717, 1.165) is 31.6 Å². The summed E-state index contributed by atoms with van der Waals surface area (Å²) < 4.78 is 28.9. The van der Waals surface area contributed by atoms with Crippen LogP contribution in [0.2, 0.25) is 0 Å². The second-order valence-electron chi connectivity index (χ2n) is 5.66. The number of aliphatic carboxylic acids is 1. The number of carbonyl (C=O) groups is 2. The first kappa shape index (κ1) is 19.1. The van der Waals surface area contributed by atoms with Gasteiger partial charge in [0.15, 0.2) is 0 Å². The number of hydrogen-bond acceptors (Lipinski definition) is 5. The highest BCUT2D eigenvalue weighted by molar-refractivity contribution is 5.78. The minimum atomic E-state index is -1.26. The third-order valence-electron chi connectivity index (χ3n) is 3.65. The number of nitrogens with one attached hydrogen (secondary N) is 1. The van der Waals surface area contributed by atoms with E-state index in [2.05, 4.69) is 5.32 Å². The molecule has 25 heavy (non-hydrogen) atoms. The lowest BCUT2D eigenvalue weighted by Gasteiger charge is -2.16. The summed E-state index contributed by atoms with van der Waals surface area (Å²) in [5.74, 6) is -1.79. The molecule has 0 radical (unpaired) electrons. The molecule has 1 aromatic rings. The number of rotatable bonds is 10. The summed E-state index contributed by atoms with van der Waals surface area (Å²) in [6.07, 6.45) is 0.952. The standard InChI is InChI=1S/C17H22FNO6/c18-12-3-5-13(6-4-12)25-15(17(21)22)10-19-16(20)7-9-23-11-14-2-1-8-24-14/h3-6,14-15H,1-2,7-11H2,(H,19,20)(H,21,22). The molecule has 0 spiro atoms. The van der Waals surface area contributed by atoms with Crippen LogP contribution in [0.15, 0.2) is 24.3 Å². The van der Waals surface area contributed by atoms with Gasteiger partial charge in [0.2, 0.25) is 12.0 Å². The van der Waals surface area contributed by atoms with E-state index < -0.39 is 17.9 Å². The van der Waals surface area contributed by atoms with Crippen LogP contribution in [0.25, 0.3) is 0 Å². The smallest absolute Gasteiger partial charge is 0.346 e. The van der Waals surface area contributed by atoms with Crippen LogP contribution >= 0.6 is 0 Å². The van der Waals surface area contributed by atoms with Crippen molar-refractivity contribution in [1.82, 2.24) is 5.32 Å². The zero-order valence-electron chi connectivity index (χ0n) is 13.8. The maximum absolute atomic E-state index is 12.8. The largest absolute Gasteiger partial charge is 0.478 e. The van der Waals surface area contributed by atoms with Gasteiger partial charge in [0, 0.05) is 13.0 Å². The van der Waals surface area contributed by atoms with E-state index in [1.165, 1.54) is 12.1 Å². The molecule has 7 nitrogen and oxygen atoms in total. The molecule has 1 heterocycles. The van der Waals surface area contributed by atoms with Crippen molar-refractivity contribution in [2.24, 2.45) is 0 Å². The van der Waals surface area contributed by atoms with Crippen LogP contribution in [-0.4, -0.2) is 55.6 Å². The number of ether oxygens (including phenoxy) is 3. The van der Waals surface area contributed by atoms with Crippen molar-refractivity contribution in [3.8, 4) is 5.75 Å². The van der Waals surface area contributed by atoms with Crippen molar-refractivity contribution < 1.29 is 33.3 Å². The summed E-state index contributed by atoms with van der Waals surface area (Å²) in [7, 11) is 0. The molecule has 1 aliphatic rings. The number of benzene rings is 1. The molecule has 1 aromatic carbocycles. The average Bonchev–Trinajstić information content (AvgIpc) is 3.10. The maximum atomic E-state index is 12.8. The van der Waals surface area contributed by atoms with E-state index >= 15 is 0 Å². The summed E-state index contributed by atoms with van der Waals surface area (Å²) in [4.78, 5) is 22.9. The summed E-state index contributed by atoms with van der Waals surface area (Å²) in [5, 5.41) is 11.6. The van der Waals surface area contributed by atoms with Gasteiger partial charge in [-0.2, -0.15) is 0 Å². The van der Waals surface area contributed by atoms with E-state index in [0.29, 0.717) is 6.61 Å². The number of hydrogen-bond donors (Lipinski definition) is 2. The van der Waals surface area contributed by atoms with E-state index in [9.17, 15) is 14.0 Å². The monoisotopic (exact) mass is 355 g/mol. The van der Waals surface area contributed by atoms with Gasteiger partial charge >= 0.3 is 5.97 Å². The van der Waals surface area contributed by atoms with Crippen LogP contribution in [0.5, 0.6) is 5.75 Å². The van der Waals surface area contributed by atoms with E-state index in [-0.39, 0.29) is 37.3 Å². The lowest BCUT2D eigenvalue weighted by molar-refractivity contribution is -0.145. The Labute approximate surface area is 145 Å². The Kier molecular flexibility index (Phi) is 7.62. The molecular weight excluding hydrogens is 333 g/mol. The molecular formula is C17H22FNO6. The highest BCUT2D eigenvalue weighted by Crippen LogP contribution is 2.13. The van der Waals surface area contributed by atoms with Gasteiger partial charge in [0.1, 0.15) is 11.6 Å². The first-order chi connectivity index (χ1) is 12.0. The molecule has 1 aliphatic heterocycles. The Bertz CT molecular complexity index is 559. The second kappa shape index (κ2) is 9.95. The van der Waals surface area contributed by atoms with Crippen molar-refractivity contribution in [3.63, 3.8) is 0 Å². The van der Waals surface area contributed by atoms with Crippen LogP contribution in [-0.2, 0) is 19.1 Å². The number of carboxylic acids is 1. The summed E-state index contributed by atoms with van der Waals surface area (Å²) in [5.41, 5.74) is 0.